The first kappa shape index (κ1) is 9.45. The molecule has 0 amide bonds. The number of halogens is 1. The molecule has 12 heavy (non-hydrogen) atoms. The zero-order chi connectivity index (χ0) is 8.97. The maximum Gasteiger partial charge on any atom is 0.102 e. The number of hydrogen-bond acceptors (Lipinski definition) is 3. The lowest BCUT2D eigenvalue weighted by atomic mass is 9.98. The molecule has 0 aliphatic carbocycles. The van der Waals surface area contributed by atoms with E-state index >= 15 is 0 Å². The number of hydrogen-bond donors (Lipinski definition) is 1. The average Bonchev–Trinajstić information content (AvgIpc) is 2.05. The van der Waals surface area contributed by atoms with Crippen LogP contribution in [0.3, 0.4) is 0 Å². The normalized spacial score (nSPS) is 29.5. The van der Waals surface area contributed by atoms with Crippen LogP contribution < -0.4 is 0 Å². The lowest BCUT2D eigenvalue weighted by molar-refractivity contribution is 0.218. The molecule has 0 radical (unpaired) electrons. The number of likely N-dealkylation sites (tertiary alicyclic amines) is 1. The molecule has 1 N–H and O–H groups in total. The first-order valence-electron chi connectivity index (χ1n) is 4.27. The van der Waals surface area contributed by atoms with Crippen LogP contribution in [-0.2, 0) is 0 Å². The van der Waals surface area contributed by atoms with Crippen LogP contribution in [0.4, 0.5) is 4.39 Å². The summed E-state index contributed by atoms with van der Waals surface area (Å²) in [7, 11) is 0. The van der Waals surface area contributed by atoms with Gasteiger partial charge in [0.15, 0.2) is 0 Å². The molecule has 1 aliphatic rings. The van der Waals surface area contributed by atoms with E-state index in [2.05, 4.69) is 10.1 Å². The second-order valence-electron chi connectivity index (χ2n) is 3.23. The fourth-order valence-corrected chi connectivity index (χ4v) is 1.57. The zero-order valence-electron chi connectivity index (χ0n) is 7.33. The third-order valence-electron chi connectivity index (χ3n) is 2.31. The molecule has 1 atom stereocenters. The highest BCUT2D eigenvalue weighted by Crippen LogP contribution is 2.12. The van der Waals surface area contributed by atoms with Gasteiger partial charge in [0.25, 0.3) is 0 Å². The van der Waals surface area contributed by atoms with Gasteiger partial charge < -0.3 is 5.21 Å². The number of piperidine rings is 1. The van der Waals surface area contributed by atoms with Gasteiger partial charge >= 0.3 is 0 Å². The van der Waals surface area contributed by atoms with E-state index in [0.29, 0.717) is 6.54 Å². The van der Waals surface area contributed by atoms with E-state index in [1.54, 1.807) is 0 Å². The van der Waals surface area contributed by atoms with Crippen LogP contribution in [0.15, 0.2) is 5.16 Å². The van der Waals surface area contributed by atoms with Crippen molar-refractivity contribution in [1.29, 1.82) is 0 Å². The number of oxime groups is 1. The van der Waals surface area contributed by atoms with Gasteiger partial charge in [-0.25, -0.2) is 4.39 Å². The molecular formula is C8H15FN2O. The van der Waals surface area contributed by atoms with Gasteiger partial charge in [-0.05, 0) is 0 Å². The smallest absolute Gasteiger partial charge is 0.102 e. The minimum absolute atomic E-state index is 0.260. The van der Waals surface area contributed by atoms with Gasteiger partial charge in [0.2, 0.25) is 0 Å². The Labute approximate surface area is 71.9 Å². The first-order valence-corrected chi connectivity index (χ1v) is 4.27. The van der Waals surface area contributed by atoms with Gasteiger partial charge in [0.1, 0.15) is 6.67 Å². The quantitative estimate of drug-likeness (QED) is 0.503. The highest BCUT2D eigenvalue weighted by molar-refractivity contribution is 5.86. The van der Waals surface area contributed by atoms with Crippen LogP contribution in [-0.4, -0.2) is 42.1 Å². The van der Waals surface area contributed by atoms with Crippen LogP contribution in [0.5, 0.6) is 0 Å². The third kappa shape index (κ3) is 2.17. The van der Waals surface area contributed by atoms with Crippen molar-refractivity contribution >= 4 is 5.71 Å². The number of alkyl halides is 1. The molecule has 1 unspecified atom stereocenters. The summed E-state index contributed by atoms with van der Waals surface area (Å²) < 4.78 is 12.0. The summed E-state index contributed by atoms with van der Waals surface area (Å²) in [6, 6.07) is 0. The number of nitrogens with zero attached hydrogens (tertiary/aromatic N) is 2. The Morgan fingerprint density at radius 2 is 2.50 bits per heavy atom. The van der Waals surface area contributed by atoms with Gasteiger partial charge in [-0.15, -0.1) is 0 Å². The summed E-state index contributed by atoms with van der Waals surface area (Å²) in [5.41, 5.74) is 0.838. The molecule has 0 aromatic carbocycles. The summed E-state index contributed by atoms with van der Waals surface area (Å²) in [5.74, 6) is 0.260. The Hall–Kier alpha value is -0.640. The molecule has 1 rings (SSSR count). The lowest BCUT2D eigenvalue weighted by Gasteiger charge is -2.30. The van der Waals surface area contributed by atoms with E-state index in [4.69, 9.17) is 5.21 Å². The standard InChI is InChI=1S/C8H15FN2O/c1-7-6-11(5-3-9)4-2-8(7)10-12/h7,12H,2-6H2,1H3/b10-8+. The van der Waals surface area contributed by atoms with E-state index in [-0.39, 0.29) is 12.6 Å². The highest BCUT2D eigenvalue weighted by atomic mass is 19.1. The van der Waals surface area contributed by atoms with Gasteiger partial charge in [0.05, 0.1) is 5.71 Å². The molecule has 0 bridgehead atoms. The molecule has 3 nitrogen and oxygen atoms in total. The van der Waals surface area contributed by atoms with E-state index in [9.17, 15) is 4.39 Å². The van der Waals surface area contributed by atoms with Crippen molar-refractivity contribution < 1.29 is 9.60 Å². The maximum atomic E-state index is 12.0. The summed E-state index contributed by atoms with van der Waals surface area (Å²) in [6.45, 7) is 3.83. The van der Waals surface area contributed by atoms with Gasteiger partial charge in [-0.2, -0.15) is 0 Å². The second kappa shape index (κ2) is 4.40. The summed E-state index contributed by atoms with van der Waals surface area (Å²) in [6.07, 6.45) is 0.762. The van der Waals surface area contributed by atoms with Crippen molar-refractivity contribution in [2.45, 2.75) is 13.3 Å². The molecule has 1 saturated heterocycles. The van der Waals surface area contributed by atoms with Gasteiger partial charge in [0, 0.05) is 32.0 Å². The van der Waals surface area contributed by atoms with Crippen LogP contribution in [0, 0.1) is 5.92 Å². The van der Waals surface area contributed by atoms with Gasteiger partial charge in [-0.3, -0.25) is 4.90 Å². The molecule has 70 valence electrons. The van der Waals surface area contributed by atoms with Crippen molar-refractivity contribution in [3.8, 4) is 0 Å². The summed E-state index contributed by atoms with van der Waals surface area (Å²) >= 11 is 0. The van der Waals surface area contributed by atoms with Crippen LogP contribution in [0.25, 0.3) is 0 Å². The van der Waals surface area contributed by atoms with Crippen molar-refractivity contribution in [3.05, 3.63) is 0 Å². The fraction of sp³-hybridized carbons (Fsp3) is 0.875. The highest BCUT2D eigenvalue weighted by Gasteiger charge is 2.21. The molecule has 0 spiro atoms. The molecule has 0 saturated carbocycles. The topological polar surface area (TPSA) is 35.8 Å². The summed E-state index contributed by atoms with van der Waals surface area (Å²) in [5, 5.41) is 11.8. The average molecular weight is 174 g/mol. The fourth-order valence-electron chi connectivity index (χ4n) is 1.57. The molecule has 4 heteroatoms. The summed E-state index contributed by atoms with van der Waals surface area (Å²) in [4.78, 5) is 2.05. The maximum absolute atomic E-state index is 12.0. The predicted molar refractivity (Wildman–Crippen MR) is 45.4 cm³/mol. The lowest BCUT2D eigenvalue weighted by Crippen LogP contribution is -2.40. The largest absolute Gasteiger partial charge is 0.411 e. The number of rotatable bonds is 2. The zero-order valence-corrected chi connectivity index (χ0v) is 7.33. The molecule has 0 aromatic heterocycles. The Morgan fingerprint density at radius 1 is 1.75 bits per heavy atom. The minimum Gasteiger partial charge on any atom is -0.411 e. The Kier molecular flexibility index (Phi) is 3.47. The van der Waals surface area contributed by atoms with Gasteiger partial charge in [-0.1, -0.05) is 12.1 Å². The Morgan fingerprint density at radius 3 is 3.00 bits per heavy atom. The molecule has 0 aromatic rings. The first-order chi connectivity index (χ1) is 5.77. The SMILES string of the molecule is CC1CN(CCF)CC/C1=N\O. The Bertz CT molecular complexity index is 172. The molecular weight excluding hydrogens is 159 g/mol. The second-order valence-corrected chi connectivity index (χ2v) is 3.23. The van der Waals surface area contributed by atoms with Crippen molar-refractivity contribution in [1.82, 2.24) is 4.90 Å². The molecule has 1 aliphatic heterocycles. The predicted octanol–water partition coefficient (Wildman–Crippen LogP) is 1.13. The monoisotopic (exact) mass is 174 g/mol. The van der Waals surface area contributed by atoms with Crippen molar-refractivity contribution in [2.24, 2.45) is 11.1 Å². The van der Waals surface area contributed by atoms with Crippen molar-refractivity contribution in [2.75, 3.05) is 26.3 Å². The Balaban J connectivity index is 2.40. The van der Waals surface area contributed by atoms with E-state index in [1.165, 1.54) is 0 Å². The minimum atomic E-state index is -0.293. The van der Waals surface area contributed by atoms with E-state index in [0.717, 1.165) is 25.2 Å². The van der Waals surface area contributed by atoms with Crippen LogP contribution in [0.1, 0.15) is 13.3 Å². The van der Waals surface area contributed by atoms with Crippen LogP contribution >= 0.6 is 0 Å². The van der Waals surface area contributed by atoms with E-state index < -0.39 is 0 Å². The van der Waals surface area contributed by atoms with Crippen molar-refractivity contribution in [3.63, 3.8) is 0 Å². The van der Waals surface area contributed by atoms with Crippen LogP contribution in [0.2, 0.25) is 0 Å². The molecule has 1 heterocycles. The molecule has 1 fully saturated rings. The van der Waals surface area contributed by atoms with E-state index in [1.807, 2.05) is 6.92 Å². The third-order valence-corrected chi connectivity index (χ3v) is 2.31.